The summed E-state index contributed by atoms with van der Waals surface area (Å²) < 4.78 is 39.0. The van der Waals surface area contributed by atoms with Gasteiger partial charge in [0.05, 0.1) is 6.67 Å². The fourth-order valence-corrected chi connectivity index (χ4v) is 1.48. The van der Waals surface area contributed by atoms with Gasteiger partial charge in [-0.25, -0.2) is 4.79 Å². The molecule has 1 aliphatic heterocycles. The normalized spacial score (nSPS) is 15.8. The van der Waals surface area contributed by atoms with Crippen LogP contribution >= 0.6 is 0 Å². The molecule has 0 saturated heterocycles. The standard InChI is InChI=1S/C10H16N2O2.BF4/c1-3-5-9(10(13)14)12-7-6-11(4-2)8-12;2-1(3,4)5/h4,6-7,9H,2-3,5,8H2,1H3,(H,13,14);/q;-1. The minimum Gasteiger partial charge on any atom is -0.480 e. The second-order valence-corrected chi connectivity index (χ2v) is 3.79. The Bertz CT molecular complexity index is 330. The zero-order valence-corrected chi connectivity index (χ0v) is 10.5. The molecular weight excluding hydrogens is 267 g/mol. The zero-order chi connectivity index (χ0) is 15.1. The predicted octanol–water partition coefficient (Wildman–Crippen LogP) is 2.73. The lowest BCUT2D eigenvalue weighted by Gasteiger charge is -2.25. The quantitative estimate of drug-likeness (QED) is 0.622. The maximum atomic E-state index is 11.0. The van der Waals surface area contributed by atoms with Crippen molar-refractivity contribution in [2.45, 2.75) is 25.8 Å². The van der Waals surface area contributed by atoms with E-state index in [1.165, 1.54) is 0 Å². The van der Waals surface area contributed by atoms with E-state index in [9.17, 15) is 22.1 Å². The van der Waals surface area contributed by atoms with Crippen molar-refractivity contribution in [1.82, 2.24) is 9.80 Å². The molecule has 0 saturated carbocycles. The van der Waals surface area contributed by atoms with Gasteiger partial charge in [0.25, 0.3) is 0 Å². The van der Waals surface area contributed by atoms with E-state index in [0.29, 0.717) is 13.1 Å². The van der Waals surface area contributed by atoms with Crippen LogP contribution in [0.3, 0.4) is 0 Å². The Kier molecular flexibility index (Phi) is 7.03. The van der Waals surface area contributed by atoms with Crippen LogP contribution in [0.1, 0.15) is 19.8 Å². The molecule has 0 spiro atoms. The van der Waals surface area contributed by atoms with Gasteiger partial charge in [-0.3, -0.25) is 0 Å². The minimum atomic E-state index is -6.00. The summed E-state index contributed by atoms with van der Waals surface area (Å²) in [5.74, 6) is -0.762. The number of carboxylic acids is 1. The summed E-state index contributed by atoms with van der Waals surface area (Å²) in [5.41, 5.74) is 0. The zero-order valence-electron chi connectivity index (χ0n) is 10.5. The van der Waals surface area contributed by atoms with Gasteiger partial charge in [0.1, 0.15) is 6.04 Å². The highest BCUT2D eigenvalue weighted by molar-refractivity contribution is 6.50. The Hall–Kier alpha value is -1.67. The molecule has 4 nitrogen and oxygen atoms in total. The van der Waals surface area contributed by atoms with Crippen molar-refractivity contribution in [3.63, 3.8) is 0 Å². The first-order chi connectivity index (χ1) is 8.69. The van der Waals surface area contributed by atoms with Gasteiger partial charge in [0.2, 0.25) is 0 Å². The van der Waals surface area contributed by atoms with Crippen molar-refractivity contribution < 1.29 is 27.2 Å². The molecule has 9 heteroatoms. The molecule has 1 rings (SSSR count). The van der Waals surface area contributed by atoms with E-state index < -0.39 is 19.3 Å². The van der Waals surface area contributed by atoms with Gasteiger partial charge >= 0.3 is 13.2 Å². The average molecular weight is 283 g/mol. The second kappa shape index (κ2) is 7.70. The van der Waals surface area contributed by atoms with Crippen LogP contribution in [0.25, 0.3) is 0 Å². The summed E-state index contributed by atoms with van der Waals surface area (Å²) in [6, 6.07) is -0.416. The lowest BCUT2D eigenvalue weighted by molar-refractivity contribution is -0.142. The van der Waals surface area contributed by atoms with E-state index in [1.54, 1.807) is 12.4 Å². The Labute approximate surface area is 109 Å². The number of nitrogens with zero attached hydrogens (tertiary/aromatic N) is 2. The Morgan fingerprint density at radius 2 is 2.00 bits per heavy atom. The van der Waals surface area contributed by atoms with Crippen molar-refractivity contribution in [1.29, 1.82) is 0 Å². The van der Waals surface area contributed by atoms with E-state index in [1.807, 2.05) is 22.9 Å². The van der Waals surface area contributed by atoms with E-state index in [-0.39, 0.29) is 0 Å². The molecule has 0 aromatic carbocycles. The van der Waals surface area contributed by atoms with Gasteiger partial charge in [0.15, 0.2) is 0 Å². The van der Waals surface area contributed by atoms with Crippen molar-refractivity contribution in [2.24, 2.45) is 0 Å². The van der Waals surface area contributed by atoms with Crippen LogP contribution in [0, 0.1) is 0 Å². The van der Waals surface area contributed by atoms with Gasteiger partial charge in [-0.1, -0.05) is 19.9 Å². The van der Waals surface area contributed by atoms with Crippen LogP contribution in [0.15, 0.2) is 25.2 Å². The molecule has 19 heavy (non-hydrogen) atoms. The predicted molar refractivity (Wildman–Crippen MR) is 64.4 cm³/mol. The maximum Gasteiger partial charge on any atom is 0.673 e. The third-order valence-electron chi connectivity index (χ3n) is 2.26. The number of hydrogen-bond donors (Lipinski definition) is 1. The summed E-state index contributed by atoms with van der Waals surface area (Å²) in [6.45, 7) is 6.20. The van der Waals surface area contributed by atoms with Crippen LogP contribution < -0.4 is 0 Å². The molecule has 0 bridgehead atoms. The highest BCUT2D eigenvalue weighted by Crippen LogP contribution is 2.14. The summed E-state index contributed by atoms with van der Waals surface area (Å²) in [5, 5.41) is 9.00. The molecule has 110 valence electrons. The van der Waals surface area contributed by atoms with Gasteiger partial charge in [-0.15, -0.1) is 0 Å². The number of halogens is 4. The summed E-state index contributed by atoms with van der Waals surface area (Å²) in [6.07, 6.45) is 6.86. The van der Waals surface area contributed by atoms with Crippen LogP contribution in [-0.4, -0.2) is 40.8 Å². The minimum absolute atomic E-state index is 0.416. The molecule has 1 atom stereocenters. The number of carbonyl (C=O) groups is 1. The van der Waals surface area contributed by atoms with E-state index >= 15 is 0 Å². The molecule has 0 aliphatic carbocycles. The molecule has 0 radical (unpaired) electrons. The Balaban J connectivity index is 0.000000555. The molecule has 0 aromatic rings. The molecule has 1 heterocycles. The van der Waals surface area contributed by atoms with E-state index in [4.69, 9.17) is 5.11 Å². The van der Waals surface area contributed by atoms with E-state index in [2.05, 4.69) is 6.58 Å². The summed E-state index contributed by atoms with van der Waals surface area (Å²) in [4.78, 5) is 14.6. The van der Waals surface area contributed by atoms with Gasteiger partial charge in [-0.05, 0) is 12.6 Å². The monoisotopic (exact) mass is 283 g/mol. The van der Waals surface area contributed by atoms with Crippen LogP contribution in [0.4, 0.5) is 17.3 Å². The SMILES string of the molecule is C=CN1C=CN(C(CCC)C(=O)O)C1.F[B-](F)(F)F. The summed E-state index contributed by atoms with van der Waals surface area (Å²) in [7, 11) is -6.00. The van der Waals surface area contributed by atoms with E-state index in [0.717, 1.165) is 6.42 Å². The number of aliphatic carboxylic acids is 1. The lowest BCUT2D eigenvalue weighted by Crippen LogP contribution is -2.38. The van der Waals surface area contributed by atoms with Gasteiger partial charge in [-0.2, -0.15) is 0 Å². The third-order valence-corrected chi connectivity index (χ3v) is 2.26. The van der Waals surface area contributed by atoms with Crippen molar-refractivity contribution >= 4 is 13.2 Å². The topological polar surface area (TPSA) is 43.8 Å². The molecule has 1 N–H and O–H groups in total. The largest absolute Gasteiger partial charge is 0.673 e. The molecule has 0 aromatic heterocycles. The maximum absolute atomic E-state index is 11.0. The van der Waals surface area contributed by atoms with Crippen molar-refractivity contribution in [3.8, 4) is 0 Å². The van der Waals surface area contributed by atoms with Crippen molar-refractivity contribution in [3.05, 3.63) is 25.2 Å². The smallest absolute Gasteiger partial charge is 0.480 e. The Morgan fingerprint density at radius 3 is 2.32 bits per heavy atom. The highest BCUT2D eigenvalue weighted by atomic mass is 19.5. The van der Waals surface area contributed by atoms with Crippen LogP contribution in [-0.2, 0) is 4.79 Å². The number of rotatable bonds is 5. The first-order valence-electron chi connectivity index (χ1n) is 5.61. The third kappa shape index (κ3) is 8.12. The summed E-state index contributed by atoms with van der Waals surface area (Å²) >= 11 is 0. The number of carboxylic acid groups (broad SMARTS) is 1. The Morgan fingerprint density at radius 1 is 1.47 bits per heavy atom. The average Bonchev–Trinajstić information content (AvgIpc) is 2.71. The van der Waals surface area contributed by atoms with Gasteiger partial charge < -0.3 is 32.2 Å². The molecule has 1 unspecified atom stereocenters. The van der Waals surface area contributed by atoms with Crippen molar-refractivity contribution in [2.75, 3.05) is 6.67 Å². The first-order valence-corrected chi connectivity index (χ1v) is 5.61. The molecule has 1 aliphatic rings. The fraction of sp³-hybridized carbons (Fsp3) is 0.500. The molecule has 0 fully saturated rings. The van der Waals surface area contributed by atoms with Gasteiger partial charge in [0, 0.05) is 12.4 Å². The number of hydrogen-bond acceptors (Lipinski definition) is 3. The molecular formula is C10H16BF4N2O2-. The first kappa shape index (κ1) is 17.3. The second-order valence-electron chi connectivity index (χ2n) is 3.79. The molecule has 0 amide bonds. The highest BCUT2D eigenvalue weighted by Gasteiger charge is 2.25. The lowest BCUT2D eigenvalue weighted by atomic mass is 10.1. The van der Waals surface area contributed by atoms with Crippen LogP contribution in [0.5, 0.6) is 0 Å². The van der Waals surface area contributed by atoms with Crippen LogP contribution in [0.2, 0.25) is 0 Å². The fourth-order valence-electron chi connectivity index (χ4n) is 1.48.